The van der Waals surface area contributed by atoms with Crippen molar-refractivity contribution in [1.29, 1.82) is 0 Å². The first-order chi connectivity index (χ1) is 10.2. The fraction of sp³-hybridized carbons (Fsp3) is 0.294. The first-order valence-corrected chi connectivity index (χ1v) is 7.80. The molecule has 0 saturated heterocycles. The van der Waals surface area contributed by atoms with Crippen molar-refractivity contribution < 1.29 is 9.13 Å². The van der Waals surface area contributed by atoms with Gasteiger partial charge < -0.3 is 10.1 Å². The zero-order valence-electron chi connectivity index (χ0n) is 11.8. The Labute approximate surface area is 132 Å². The molecule has 0 aromatic heterocycles. The van der Waals surface area contributed by atoms with Gasteiger partial charge in [0.15, 0.2) is 0 Å². The van der Waals surface area contributed by atoms with E-state index >= 15 is 0 Å². The van der Waals surface area contributed by atoms with Crippen LogP contribution >= 0.6 is 15.9 Å². The highest BCUT2D eigenvalue weighted by atomic mass is 79.9. The summed E-state index contributed by atoms with van der Waals surface area (Å²) >= 11 is 3.55. The van der Waals surface area contributed by atoms with Crippen LogP contribution in [0.15, 0.2) is 46.9 Å². The van der Waals surface area contributed by atoms with E-state index < -0.39 is 0 Å². The normalized spacial score (nSPS) is 20.7. The molecule has 0 atom stereocenters. The predicted octanol–water partition coefficient (Wildman–Crippen LogP) is 4.95. The second-order valence-corrected chi connectivity index (χ2v) is 6.26. The summed E-state index contributed by atoms with van der Waals surface area (Å²) in [7, 11) is 1.67. The van der Waals surface area contributed by atoms with E-state index in [9.17, 15) is 4.39 Å². The lowest BCUT2D eigenvalue weighted by Gasteiger charge is -2.37. The minimum Gasteiger partial charge on any atom is -0.497 e. The molecule has 110 valence electrons. The van der Waals surface area contributed by atoms with Crippen LogP contribution < -0.4 is 10.1 Å². The number of methoxy groups -OCH3 is 1. The SMILES string of the molecule is COc1ccc(Br)c(NC2CC(c3ccc(F)cc3)C2)c1. The van der Waals surface area contributed by atoms with Gasteiger partial charge in [-0.05, 0) is 64.5 Å². The van der Waals surface area contributed by atoms with Gasteiger partial charge in [-0.3, -0.25) is 0 Å². The molecule has 0 unspecified atom stereocenters. The van der Waals surface area contributed by atoms with Crippen LogP contribution in [0.2, 0.25) is 0 Å². The first-order valence-electron chi connectivity index (χ1n) is 7.01. The summed E-state index contributed by atoms with van der Waals surface area (Å²) in [4.78, 5) is 0. The van der Waals surface area contributed by atoms with Crippen molar-refractivity contribution in [2.24, 2.45) is 0 Å². The quantitative estimate of drug-likeness (QED) is 0.842. The fourth-order valence-electron chi connectivity index (χ4n) is 2.70. The van der Waals surface area contributed by atoms with Crippen molar-refractivity contribution in [3.05, 3.63) is 58.3 Å². The van der Waals surface area contributed by atoms with E-state index in [0.717, 1.165) is 28.8 Å². The maximum absolute atomic E-state index is 12.9. The van der Waals surface area contributed by atoms with Crippen molar-refractivity contribution in [3.8, 4) is 5.75 Å². The maximum Gasteiger partial charge on any atom is 0.123 e. The Kier molecular flexibility index (Phi) is 4.15. The van der Waals surface area contributed by atoms with E-state index in [1.165, 1.54) is 17.7 Å². The van der Waals surface area contributed by atoms with Crippen LogP contribution in [0.5, 0.6) is 5.75 Å². The third kappa shape index (κ3) is 3.21. The van der Waals surface area contributed by atoms with Crippen LogP contribution in [-0.2, 0) is 0 Å². The van der Waals surface area contributed by atoms with E-state index in [-0.39, 0.29) is 5.82 Å². The van der Waals surface area contributed by atoms with Crippen molar-refractivity contribution in [3.63, 3.8) is 0 Å². The Hall–Kier alpha value is -1.55. The number of hydrogen-bond acceptors (Lipinski definition) is 2. The van der Waals surface area contributed by atoms with Gasteiger partial charge in [-0.2, -0.15) is 0 Å². The second-order valence-electron chi connectivity index (χ2n) is 5.41. The molecule has 0 spiro atoms. The van der Waals surface area contributed by atoms with Crippen LogP contribution in [0.25, 0.3) is 0 Å². The molecule has 1 fully saturated rings. The highest BCUT2D eigenvalue weighted by Gasteiger charge is 2.30. The monoisotopic (exact) mass is 349 g/mol. The molecule has 2 aromatic carbocycles. The third-order valence-electron chi connectivity index (χ3n) is 4.01. The topological polar surface area (TPSA) is 21.3 Å². The van der Waals surface area contributed by atoms with Gasteiger partial charge in [0.05, 0.1) is 12.8 Å². The Balaban J connectivity index is 1.61. The summed E-state index contributed by atoms with van der Waals surface area (Å²) in [6.07, 6.45) is 2.13. The first kappa shape index (κ1) is 14.4. The summed E-state index contributed by atoms with van der Waals surface area (Å²) < 4.78 is 19.2. The molecule has 21 heavy (non-hydrogen) atoms. The number of anilines is 1. The molecule has 3 rings (SSSR count). The molecular weight excluding hydrogens is 333 g/mol. The number of ether oxygens (including phenoxy) is 1. The van der Waals surface area contributed by atoms with Crippen molar-refractivity contribution in [2.45, 2.75) is 24.8 Å². The van der Waals surface area contributed by atoms with Gasteiger partial charge in [-0.15, -0.1) is 0 Å². The minimum absolute atomic E-state index is 0.173. The van der Waals surface area contributed by atoms with Gasteiger partial charge >= 0.3 is 0 Å². The van der Waals surface area contributed by atoms with E-state index in [2.05, 4.69) is 21.2 Å². The Morgan fingerprint density at radius 1 is 1.14 bits per heavy atom. The van der Waals surface area contributed by atoms with E-state index in [0.29, 0.717) is 12.0 Å². The number of nitrogens with one attached hydrogen (secondary N) is 1. The number of benzene rings is 2. The molecule has 0 bridgehead atoms. The molecule has 1 N–H and O–H groups in total. The summed E-state index contributed by atoms with van der Waals surface area (Å²) in [5.41, 5.74) is 2.27. The highest BCUT2D eigenvalue weighted by Crippen LogP contribution is 2.40. The van der Waals surface area contributed by atoms with Gasteiger partial charge in [0.2, 0.25) is 0 Å². The van der Waals surface area contributed by atoms with Crippen LogP contribution in [0.3, 0.4) is 0 Å². The van der Waals surface area contributed by atoms with E-state index in [1.54, 1.807) is 7.11 Å². The van der Waals surface area contributed by atoms with Gasteiger partial charge in [-0.1, -0.05) is 12.1 Å². The minimum atomic E-state index is -0.173. The summed E-state index contributed by atoms with van der Waals surface area (Å²) in [6, 6.07) is 13.2. The molecule has 0 aliphatic heterocycles. The molecule has 0 radical (unpaired) electrons. The maximum atomic E-state index is 12.9. The number of hydrogen-bond donors (Lipinski definition) is 1. The lowest BCUT2D eigenvalue weighted by Crippen LogP contribution is -2.34. The van der Waals surface area contributed by atoms with Gasteiger partial charge in [0.1, 0.15) is 11.6 Å². The Morgan fingerprint density at radius 2 is 1.86 bits per heavy atom. The Bertz CT molecular complexity index is 623. The second kappa shape index (κ2) is 6.06. The third-order valence-corrected chi connectivity index (χ3v) is 4.70. The molecular formula is C17H17BrFNO. The molecule has 1 aliphatic carbocycles. The number of rotatable bonds is 4. The largest absolute Gasteiger partial charge is 0.497 e. The molecule has 2 aromatic rings. The average Bonchev–Trinajstić information content (AvgIpc) is 2.45. The number of halogens is 2. The zero-order chi connectivity index (χ0) is 14.8. The van der Waals surface area contributed by atoms with Crippen molar-refractivity contribution >= 4 is 21.6 Å². The lowest BCUT2D eigenvalue weighted by molar-refractivity contribution is 0.373. The van der Waals surface area contributed by atoms with E-state index in [1.807, 2.05) is 30.3 Å². The molecule has 0 heterocycles. The standard InChI is InChI=1S/C17H17BrFNO/c1-21-15-6-7-16(18)17(10-15)20-14-8-12(9-14)11-2-4-13(19)5-3-11/h2-7,10,12,14,20H,8-9H2,1H3. The van der Waals surface area contributed by atoms with Crippen molar-refractivity contribution in [2.75, 3.05) is 12.4 Å². The summed E-state index contributed by atoms with van der Waals surface area (Å²) in [6.45, 7) is 0. The zero-order valence-corrected chi connectivity index (χ0v) is 13.4. The average molecular weight is 350 g/mol. The summed E-state index contributed by atoms with van der Waals surface area (Å²) in [5.74, 6) is 1.19. The van der Waals surface area contributed by atoms with Crippen LogP contribution in [0.4, 0.5) is 10.1 Å². The van der Waals surface area contributed by atoms with Crippen LogP contribution in [-0.4, -0.2) is 13.2 Å². The fourth-order valence-corrected chi connectivity index (χ4v) is 3.07. The predicted molar refractivity (Wildman–Crippen MR) is 86.5 cm³/mol. The molecule has 2 nitrogen and oxygen atoms in total. The molecule has 4 heteroatoms. The lowest BCUT2D eigenvalue weighted by atomic mass is 9.76. The molecule has 1 saturated carbocycles. The van der Waals surface area contributed by atoms with Crippen LogP contribution in [0, 0.1) is 5.82 Å². The highest BCUT2D eigenvalue weighted by molar-refractivity contribution is 9.10. The van der Waals surface area contributed by atoms with E-state index in [4.69, 9.17) is 4.74 Å². The smallest absolute Gasteiger partial charge is 0.123 e. The summed E-state index contributed by atoms with van der Waals surface area (Å²) in [5, 5.41) is 3.53. The van der Waals surface area contributed by atoms with Crippen LogP contribution in [0.1, 0.15) is 24.3 Å². The van der Waals surface area contributed by atoms with Gasteiger partial charge in [0, 0.05) is 16.6 Å². The molecule has 1 aliphatic rings. The Morgan fingerprint density at radius 3 is 2.52 bits per heavy atom. The molecule has 0 amide bonds. The van der Waals surface area contributed by atoms with Gasteiger partial charge in [-0.25, -0.2) is 4.39 Å². The van der Waals surface area contributed by atoms with Crippen molar-refractivity contribution in [1.82, 2.24) is 0 Å². The van der Waals surface area contributed by atoms with Gasteiger partial charge in [0.25, 0.3) is 0 Å².